The second-order valence-electron chi connectivity index (χ2n) is 8.04. The third kappa shape index (κ3) is 3.53. The van der Waals surface area contributed by atoms with E-state index < -0.39 is 11.4 Å². The Morgan fingerprint density at radius 1 is 1.38 bits per heavy atom. The molecule has 1 aromatic carbocycles. The molecule has 1 aliphatic heterocycles. The van der Waals surface area contributed by atoms with Gasteiger partial charge in [0, 0.05) is 24.0 Å². The van der Waals surface area contributed by atoms with Gasteiger partial charge in [-0.05, 0) is 46.2 Å². The van der Waals surface area contributed by atoms with Gasteiger partial charge >= 0.3 is 0 Å². The van der Waals surface area contributed by atoms with Crippen molar-refractivity contribution in [1.29, 1.82) is 0 Å². The van der Waals surface area contributed by atoms with Crippen LogP contribution in [0.2, 0.25) is 0 Å². The van der Waals surface area contributed by atoms with Crippen LogP contribution in [0.1, 0.15) is 56.6 Å². The Morgan fingerprint density at radius 3 is 2.58 bits per heavy atom. The fourth-order valence-electron chi connectivity index (χ4n) is 3.05. The van der Waals surface area contributed by atoms with Crippen LogP contribution < -0.4 is 10.3 Å². The van der Waals surface area contributed by atoms with Crippen LogP contribution in [0, 0.1) is 6.92 Å². The number of rotatable bonds is 4. The zero-order valence-corrected chi connectivity index (χ0v) is 17.1. The van der Waals surface area contributed by atoms with Gasteiger partial charge in [-0.2, -0.15) is 0 Å². The van der Waals surface area contributed by atoms with Crippen molar-refractivity contribution in [3.63, 3.8) is 0 Å². The molecule has 0 radical (unpaired) electrons. The number of aromatic nitrogens is 2. The highest BCUT2D eigenvalue weighted by molar-refractivity contribution is 7.90. The van der Waals surface area contributed by atoms with E-state index in [0.717, 1.165) is 17.0 Å². The Hall–Kier alpha value is -1.41. The lowest BCUT2D eigenvalue weighted by atomic mass is 10.0. The third-order valence-electron chi connectivity index (χ3n) is 4.70. The first-order valence-corrected chi connectivity index (χ1v) is 10.0. The van der Waals surface area contributed by atoms with Crippen molar-refractivity contribution in [3.8, 4) is 0 Å². The largest absolute Gasteiger partial charge is 0.598 e. The number of benzene rings is 1. The number of nitrogens with one attached hydrogen (secondary N) is 1. The summed E-state index contributed by atoms with van der Waals surface area (Å²) in [5, 5.41) is 0.599. The number of nitrogens with zero attached hydrogens (tertiary/aromatic N) is 2. The average molecular weight is 378 g/mol. The van der Waals surface area contributed by atoms with Gasteiger partial charge in [0.05, 0.1) is 36.1 Å². The zero-order valence-electron chi connectivity index (χ0n) is 16.3. The average Bonchev–Trinajstić information content (AvgIpc) is 2.49. The molecule has 1 fully saturated rings. The van der Waals surface area contributed by atoms with Crippen molar-refractivity contribution in [3.05, 3.63) is 39.4 Å². The maximum absolute atomic E-state index is 12.9. The van der Waals surface area contributed by atoms with E-state index in [4.69, 9.17) is 9.72 Å². The molecule has 1 N–H and O–H groups in total. The predicted octanol–water partition coefficient (Wildman–Crippen LogP) is 2.47. The minimum atomic E-state index is -1.21. The van der Waals surface area contributed by atoms with Crippen molar-refractivity contribution in [1.82, 2.24) is 14.3 Å². The number of fused-ring (bicyclic) bond motifs is 1. The van der Waals surface area contributed by atoms with E-state index in [1.807, 2.05) is 46.8 Å². The minimum absolute atomic E-state index is 0.0500. The maximum atomic E-state index is 12.9. The molecule has 0 spiro atoms. The van der Waals surface area contributed by atoms with E-state index in [2.05, 4.69) is 4.72 Å². The zero-order chi connectivity index (χ0) is 19.2. The maximum Gasteiger partial charge on any atom is 0.261 e. The van der Waals surface area contributed by atoms with Crippen LogP contribution in [-0.4, -0.2) is 32.1 Å². The summed E-state index contributed by atoms with van der Waals surface area (Å²) in [6.07, 6.45) is 0. The quantitative estimate of drug-likeness (QED) is 0.828. The van der Waals surface area contributed by atoms with Crippen LogP contribution in [0.5, 0.6) is 0 Å². The highest BCUT2D eigenvalue weighted by Crippen LogP contribution is 2.28. The lowest BCUT2D eigenvalue weighted by Gasteiger charge is -2.28. The standard InChI is InChI=1S/C19H27N3O3S/c1-11-7-14(12(2)21-26(24)19(3,4)5)16-15(8-11)18(23)22(6)17(20-16)13-9-25-10-13/h7-8,12-13,21H,9-10H2,1-6H3/t12-,26-/m1/s1. The van der Waals surface area contributed by atoms with Gasteiger partial charge < -0.3 is 9.29 Å². The molecule has 6 nitrogen and oxygen atoms in total. The highest BCUT2D eigenvalue weighted by Gasteiger charge is 2.30. The molecule has 0 amide bonds. The Morgan fingerprint density at radius 2 is 2.04 bits per heavy atom. The second-order valence-corrected chi connectivity index (χ2v) is 10.0. The summed E-state index contributed by atoms with van der Waals surface area (Å²) in [5.74, 6) is 0.904. The van der Waals surface area contributed by atoms with Crippen LogP contribution in [0.15, 0.2) is 16.9 Å². The van der Waals surface area contributed by atoms with E-state index >= 15 is 0 Å². The third-order valence-corrected chi connectivity index (χ3v) is 6.38. The van der Waals surface area contributed by atoms with Crippen molar-refractivity contribution in [2.45, 2.75) is 51.3 Å². The van der Waals surface area contributed by atoms with Gasteiger partial charge in [-0.25, -0.2) is 4.98 Å². The summed E-state index contributed by atoms with van der Waals surface area (Å²) in [5.41, 5.74) is 2.52. The Kier molecular flexibility index (Phi) is 5.18. The van der Waals surface area contributed by atoms with E-state index in [1.165, 1.54) is 0 Å². The fourth-order valence-corrected chi connectivity index (χ4v) is 3.85. The van der Waals surface area contributed by atoms with Crippen LogP contribution in [0.25, 0.3) is 10.9 Å². The topological polar surface area (TPSA) is 79.2 Å². The first-order valence-electron chi connectivity index (χ1n) is 8.86. The lowest BCUT2D eigenvalue weighted by molar-refractivity contribution is 0.00340. The summed E-state index contributed by atoms with van der Waals surface area (Å²) >= 11 is -1.21. The first-order chi connectivity index (χ1) is 12.1. The molecule has 1 saturated heterocycles. The molecule has 2 aromatic rings. The van der Waals surface area contributed by atoms with Crippen LogP contribution in [-0.2, 0) is 23.1 Å². The molecule has 1 aliphatic rings. The predicted molar refractivity (Wildman–Crippen MR) is 105 cm³/mol. The van der Waals surface area contributed by atoms with E-state index in [9.17, 15) is 9.35 Å². The molecule has 26 heavy (non-hydrogen) atoms. The number of aryl methyl sites for hydroxylation is 1. The minimum Gasteiger partial charge on any atom is -0.598 e. The van der Waals surface area contributed by atoms with Gasteiger partial charge in [0.25, 0.3) is 5.56 Å². The van der Waals surface area contributed by atoms with Gasteiger partial charge in [0.15, 0.2) is 0 Å². The number of hydrogen-bond donors (Lipinski definition) is 1. The summed E-state index contributed by atoms with van der Waals surface area (Å²) in [7, 11) is 1.76. The van der Waals surface area contributed by atoms with Crippen LogP contribution >= 0.6 is 0 Å². The molecule has 1 aromatic heterocycles. The van der Waals surface area contributed by atoms with Gasteiger partial charge in [-0.1, -0.05) is 6.07 Å². The molecule has 0 bridgehead atoms. The van der Waals surface area contributed by atoms with Gasteiger partial charge in [0.2, 0.25) is 0 Å². The molecule has 0 saturated carbocycles. The molecule has 0 aliphatic carbocycles. The summed E-state index contributed by atoms with van der Waals surface area (Å²) < 4.78 is 22.2. The first kappa shape index (κ1) is 19.4. The van der Waals surface area contributed by atoms with Crippen molar-refractivity contribution in [2.75, 3.05) is 13.2 Å². The van der Waals surface area contributed by atoms with Gasteiger partial charge in [0.1, 0.15) is 10.6 Å². The monoisotopic (exact) mass is 377 g/mol. The molecular weight excluding hydrogens is 350 g/mol. The molecule has 2 heterocycles. The SMILES string of the molecule is Cc1cc([C@@H](C)N[S@+]([O-])C(C)(C)C)c2nc(C3COC3)n(C)c(=O)c2c1. The second kappa shape index (κ2) is 6.96. The normalized spacial score (nSPS) is 18.0. The summed E-state index contributed by atoms with van der Waals surface area (Å²) in [4.78, 5) is 17.7. The Balaban J connectivity index is 2.12. The van der Waals surface area contributed by atoms with Crippen molar-refractivity contribution < 1.29 is 9.29 Å². The number of hydrogen-bond acceptors (Lipinski definition) is 5. The molecular formula is C19H27N3O3S. The Labute approximate surface area is 157 Å². The van der Waals surface area contributed by atoms with Crippen molar-refractivity contribution >= 4 is 22.3 Å². The molecule has 0 unspecified atom stereocenters. The smallest absolute Gasteiger partial charge is 0.261 e. The number of ether oxygens (including phenoxy) is 1. The Bertz CT molecular complexity index is 884. The highest BCUT2D eigenvalue weighted by atomic mass is 32.2. The lowest BCUT2D eigenvalue weighted by Crippen LogP contribution is -2.40. The van der Waals surface area contributed by atoms with Crippen LogP contribution in [0.4, 0.5) is 0 Å². The summed E-state index contributed by atoms with van der Waals surface area (Å²) in [6.45, 7) is 10.9. The summed E-state index contributed by atoms with van der Waals surface area (Å²) in [6, 6.07) is 3.71. The van der Waals surface area contributed by atoms with Crippen molar-refractivity contribution in [2.24, 2.45) is 7.05 Å². The fraction of sp³-hybridized carbons (Fsp3) is 0.579. The van der Waals surface area contributed by atoms with E-state index in [0.29, 0.717) is 24.1 Å². The van der Waals surface area contributed by atoms with E-state index in [-0.39, 0.29) is 22.3 Å². The van der Waals surface area contributed by atoms with E-state index in [1.54, 1.807) is 11.6 Å². The molecule has 2 atom stereocenters. The van der Waals surface area contributed by atoms with Crippen LogP contribution in [0.3, 0.4) is 0 Å². The molecule has 142 valence electrons. The van der Waals surface area contributed by atoms with Gasteiger partial charge in [-0.15, -0.1) is 4.72 Å². The van der Waals surface area contributed by atoms with Gasteiger partial charge in [-0.3, -0.25) is 9.36 Å². The molecule has 7 heteroatoms. The molecule has 3 rings (SSSR count).